The van der Waals surface area contributed by atoms with Gasteiger partial charge in [0.2, 0.25) is 0 Å². The molecule has 0 bridgehead atoms. The molecule has 0 amide bonds. The van der Waals surface area contributed by atoms with E-state index in [1.807, 2.05) is 0 Å². The number of rotatable bonds is 5. The Hall–Kier alpha value is -0.380. The predicted molar refractivity (Wildman–Crippen MR) is 54.0 cm³/mol. The maximum Gasteiger partial charge on any atom is 0.0258 e. The summed E-state index contributed by atoms with van der Waals surface area (Å²) in [6, 6.07) is 4.68. The van der Waals surface area contributed by atoms with Crippen molar-refractivity contribution in [3.63, 3.8) is 0 Å². The highest BCUT2D eigenvalue weighted by Crippen LogP contribution is 2.12. The lowest BCUT2D eigenvalue weighted by atomic mass is 10.1. The highest BCUT2D eigenvalue weighted by molar-refractivity contribution is 7.09. The maximum atomic E-state index is 5.43. The first-order chi connectivity index (χ1) is 5.86. The van der Waals surface area contributed by atoms with E-state index in [0.29, 0.717) is 6.04 Å². The van der Waals surface area contributed by atoms with Gasteiger partial charge in [0.15, 0.2) is 0 Å². The molecule has 0 saturated heterocycles. The minimum absolute atomic E-state index is 0.439. The van der Waals surface area contributed by atoms with Crippen molar-refractivity contribution >= 4 is 11.3 Å². The molecule has 0 fully saturated rings. The highest BCUT2D eigenvalue weighted by Gasteiger charge is 2.06. The number of hydrazine groups is 1. The minimum atomic E-state index is 0.439. The van der Waals surface area contributed by atoms with Gasteiger partial charge < -0.3 is 0 Å². The molecule has 1 aromatic rings. The second-order valence-electron chi connectivity index (χ2n) is 2.94. The smallest absolute Gasteiger partial charge is 0.0258 e. The van der Waals surface area contributed by atoms with Crippen molar-refractivity contribution in [3.8, 4) is 0 Å². The molecule has 0 saturated carbocycles. The Morgan fingerprint density at radius 3 is 3.00 bits per heavy atom. The molecule has 1 unspecified atom stereocenters. The molecular weight excluding hydrogens is 168 g/mol. The van der Waals surface area contributed by atoms with Gasteiger partial charge in [0.25, 0.3) is 0 Å². The summed E-state index contributed by atoms with van der Waals surface area (Å²) in [7, 11) is 0. The van der Waals surface area contributed by atoms with Crippen LogP contribution in [-0.2, 0) is 6.42 Å². The fraction of sp³-hybridized carbons (Fsp3) is 0.556. The number of hydrogen-bond acceptors (Lipinski definition) is 3. The third-order valence-corrected chi connectivity index (χ3v) is 2.80. The van der Waals surface area contributed by atoms with Crippen LogP contribution in [0.4, 0.5) is 0 Å². The number of nitrogens with two attached hydrogens (primary N) is 1. The van der Waals surface area contributed by atoms with E-state index in [1.54, 1.807) is 11.3 Å². The molecule has 0 aromatic carbocycles. The van der Waals surface area contributed by atoms with Gasteiger partial charge in [-0.25, -0.2) is 0 Å². The average Bonchev–Trinajstić information content (AvgIpc) is 2.56. The van der Waals surface area contributed by atoms with Crippen LogP contribution in [0.2, 0.25) is 0 Å². The number of thiophene rings is 1. The van der Waals surface area contributed by atoms with Crippen LogP contribution in [0.1, 0.15) is 24.6 Å². The van der Waals surface area contributed by atoms with Crippen LogP contribution in [-0.4, -0.2) is 6.04 Å². The van der Waals surface area contributed by atoms with Crippen molar-refractivity contribution in [2.45, 2.75) is 32.2 Å². The molecule has 2 nitrogen and oxygen atoms in total. The summed E-state index contributed by atoms with van der Waals surface area (Å²) in [5.41, 5.74) is 2.85. The Bertz CT molecular complexity index is 196. The lowest BCUT2D eigenvalue weighted by Crippen LogP contribution is -2.36. The van der Waals surface area contributed by atoms with Crippen molar-refractivity contribution in [2.75, 3.05) is 0 Å². The van der Waals surface area contributed by atoms with Crippen molar-refractivity contribution in [1.29, 1.82) is 0 Å². The minimum Gasteiger partial charge on any atom is -0.271 e. The number of nitrogens with one attached hydrogen (secondary N) is 1. The molecule has 3 N–H and O–H groups in total. The van der Waals surface area contributed by atoms with Crippen LogP contribution in [0.15, 0.2) is 17.5 Å². The fourth-order valence-corrected chi connectivity index (χ4v) is 2.05. The molecule has 68 valence electrons. The highest BCUT2D eigenvalue weighted by atomic mass is 32.1. The van der Waals surface area contributed by atoms with Crippen molar-refractivity contribution in [2.24, 2.45) is 5.84 Å². The van der Waals surface area contributed by atoms with Crippen molar-refractivity contribution in [3.05, 3.63) is 22.4 Å². The van der Waals surface area contributed by atoms with Gasteiger partial charge in [-0.2, -0.15) is 0 Å². The summed E-state index contributed by atoms with van der Waals surface area (Å²) in [5.74, 6) is 5.43. The Kier molecular flexibility index (Phi) is 4.29. The van der Waals surface area contributed by atoms with Gasteiger partial charge >= 0.3 is 0 Å². The topological polar surface area (TPSA) is 38.0 Å². The van der Waals surface area contributed by atoms with Crippen LogP contribution in [0, 0.1) is 0 Å². The monoisotopic (exact) mass is 184 g/mol. The quantitative estimate of drug-likeness (QED) is 0.542. The third-order valence-electron chi connectivity index (χ3n) is 1.90. The van der Waals surface area contributed by atoms with E-state index in [1.165, 1.54) is 11.3 Å². The summed E-state index contributed by atoms with van der Waals surface area (Å²) < 4.78 is 0. The van der Waals surface area contributed by atoms with Gasteiger partial charge in [-0.1, -0.05) is 19.4 Å². The van der Waals surface area contributed by atoms with E-state index in [4.69, 9.17) is 5.84 Å². The Balaban J connectivity index is 2.37. The summed E-state index contributed by atoms with van der Waals surface area (Å²) >= 11 is 1.80. The first-order valence-electron chi connectivity index (χ1n) is 4.35. The van der Waals surface area contributed by atoms with E-state index >= 15 is 0 Å². The Morgan fingerprint density at radius 2 is 2.50 bits per heavy atom. The first-order valence-corrected chi connectivity index (χ1v) is 5.23. The predicted octanol–water partition coefficient (Wildman–Crippen LogP) is 1.92. The van der Waals surface area contributed by atoms with Gasteiger partial charge in [0, 0.05) is 10.9 Å². The molecule has 1 heterocycles. The molecule has 1 atom stereocenters. The van der Waals surface area contributed by atoms with Gasteiger partial charge in [0.1, 0.15) is 0 Å². The SMILES string of the molecule is CCCC(Cc1cccs1)NN. The molecule has 0 aliphatic carbocycles. The van der Waals surface area contributed by atoms with Crippen LogP contribution < -0.4 is 11.3 Å². The van der Waals surface area contributed by atoms with Crippen LogP contribution in [0.5, 0.6) is 0 Å². The molecule has 3 heteroatoms. The van der Waals surface area contributed by atoms with Crippen molar-refractivity contribution < 1.29 is 0 Å². The molecule has 1 aromatic heterocycles. The lowest BCUT2D eigenvalue weighted by Gasteiger charge is -2.12. The van der Waals surface area contributed by atoms with Crippen LogP contribution >= 0.6 is 11.3 Å². The number of hydrogen-bond donors (Lipinski definition) is 2. The molecule has 0 aliphatic heterocycles. The Labute approximate surface area is 77.8 Å². The van der Waals surface area contributed by atoms with E-state index < -0.39 is 0 Å². The third kappa shape index (κ3) is 2.93. The normalized spacial score (nSPS) is 13.2. The maximum absolute atomic E-state index is 5.43. The van der Waals surface area contributed by atoms with Crippen LogP contribution in [0.3, 0.4) is 0 Å². The molecule has 0 aliphatic rings. The lowest BCUT2D eigenvalue weighted by molar-refractivity contribution is 0.489. The zero-order chi connectivity index (χ0) is 8.81. The molecule has 1 rings (SSSR count). The van der Waals surface area contributed by atoms with Crippen molar-refractivity contribution in [1.82, 2.24) is 5.43 Å². The van der Waals surface area contributed by atoms with Gasteiger partial charge in [0.05, 0.1) is 0 Å². The summed E-state index contributed by atoms with van der Waals surface area (Å²) in [5, 5.41) is 2.11. The van der Waals surface area contributed by atoms with E-state index in [2.05, 4.69) is 29.9 Å². The zero-order valence-corrected chi connectivity index (χ0v) is 8.23. The largest absolute Gasteiger partial charge is 0.271 e. The van der Waals surface area contributed by atoms with E-state index in [9.17, 15) is 0 Å². The molecule has 12 heavy (non-hydrogen) atoms. The summed E-state index contributed by atoms with van der Waals surface area (Å²) in [6.07, 6.45) is 3.39. The van der Waals surface area contributed by atoms with Gasteiger partial charge in [-0.05, 0) is 24.3 Å². The van der Waals surface area contributed by atoms with E-state index in [0.717, 1.165) is 12.8 Å². The Morgan fingerprint density at radius 1 is 1.67 bits per heavy atom. The summed E-state index contributed by atoms with van der Waals surface area (Å²) in [4.78, 5) is 1.41. The average molecular weight is 184 g/mol. The van der Waals surface area contributed by atoms with Gasteiger partial charge in [-0.3, -0.25) is 11.3 Å². The van der Waals surface area contributed by atoms with Crippen LogP contribution in [0.25, 0.3) is 0 Å². The molecular formula is C9H16N2S. The molecule has 0 radical (unpaired) electrons. The van der Waals surface area contributed by atoms with E-state index in [-0.39, 0.29) is 0 Å². The zero-order valence-electron chi connectivity index (χ0n) is 7.42. The summed E-state index contributed by atoms with van der Waals surface area (Å²) in [6.45, 7) is 2.18. The van der Waals surface area contributed by atoms with Gasteiger partial charge in [-0.15, -0.1) is 11.3 Å². The fourth-order valence-electron chi connectivity index (χ4n) is 1.26. The first kappa shape index (κ1) is 9.71. The second-order valence-corrected chi connectivity index (χ2v) is 3.97. The second kappa shape index (κ2) is 5.30. The molecule has 0 spiro atoms. The standard InChI is InChI=1S/C9H16N2S/c1-2-4-8(11-10)7-9-5-3-6-12-9/h3,5-6,8,11H,2,4,7,10H2,1H3.